The van der Waals surface area contributed by atoms with Gasteiger partial charge in [0.2, 0.25) is 0 Å². The van der Waals surface area contributed by atoms with Crippen LogP contribution in [0.3, 0.4) is 0 Å². The first-order valence-electron chi connectivity index (χ1n) is 6.25. The number of hydrogen-bond acceptors (Lipinski definition) is 0. The molecule has 0 radical (unpaired) electrons. The van der Waals surface area contributed by atoms with E-state index in [9.17, 15) is 0 Å². The summed E-state index contributed by atoms with van der Waals surface area (Å²) in [6.07, 6.45) is 2.26. The lowest BCUT2D eigenvalue weighted by molar-refractivity contribution is 1.39. The van der Waals surface area contributed by atoms with Crippen LogP contribution in [-0.4, -0.2) is 0 Å². The highest BCUT2D eigenvalue weighted by molar-refractivity contribution is 5.93. The highest BCUT2D eigenvalue weighted by Crippen LogP contribution is 2.31. The van der Waals surface area contributed by atoms with E-state index in [0.717, 1.165) is 5.22 Å². The molecule has 0 N–H and O–H groups in total. The lowest BCUT2D eigenvalue weighted by atomic mass is 10.0. The number of hydrogen-bond donors (Lipinski definition) is 0. The molecule has 3 rings (SSSR count). The van der Waals surface area contributed by atoms with Crippen molar-refractivity contribution in [3.05, 3.63) is 70.1 Å². The molecule has 2 aromatic rings. The average Bonchev–Trinajstić information content (AvgIpc) is 2.66. The summed E-state index contributed by atoms with van der Waals surface area (Å²) in [5.74, 6) is 0. The molecule has 0 heteroatoms. The molecule has 0 amide bonds. The monoisotopic (exact) mass is 232 g/mol. The Bertz CT molecular complexity index is 757. The summed E-state index contributed by atoms with van der Waals surface area (Å²) in [5.41, 5.74) is 6.59. The van der Waals surface area contributed by atoms with E-state index in [1.807, 2.05) is 0 Å². The first-order valence-corrected chi connectivity index (χ1v) is 6.25. The van der Waals surface area contributed by atoms with Crippen LogP contribution in [0.4, 0.5) is 0 Å². The van der Waals surface area contributed by atoms with Crippen molar-refractivity contribution in [3.63, 3.8) is 0 Å². The van der Waals surface area contributed by atoms with Crippen molar-refractivity contribution in [2.24, 2.45) is 0 Å². The van der Waals surface area contributed by atoms with Gasteiger partial charge in [-0.3, -0.25) is 0 Å². The zero-order valence-electron chi connectivity index (χ0n) is 10.8. The Kier molecular flexibility index (Phi) is 2.45. The molecule has 1 aliphatic rings. The van der Waals surface area contributed by atoms with Gasteiger partial charge < -0.3 is 0 Å². The van der Waals surface area contributed by atoms with E-state index in [0.29, 0.717) is 0 Å². The molecule has 0 spiro atoms. The van der Waals surface area contributed by atoms with Crippen LogP contribution in [0.5, 0.6) is 0 Å². The molecule has 0 unspecified atom stereocenters. The summed E-state index contributed by atoms with van der Waals surface area (Å²) in [6.45, 7) is 8.46. The summed E-state index contributed by atoms with van der Waals surface area (Å²) in [6, 6.07) is 15.0. The molecule has 0 fully saturated rings. The summed E-state index contributed by atoms with van der Waals surface area (Å²) in [7, 11) is 0. The smallest absolute Gasteiger partial charge is 0.00323 e. The van der Waals surface area contributed by atoms with Gasteiger partial charge in [0.1, 0.15) is 0 Å². The minimum absolute atomic E-state index is 1.11. The van der Waals surface area contributed by atoms with Crippen molar-refractivity contribution in [2.75, 3.05) is 0 Å². The Morgan fingerprint density at radius 2 is 1.56 bits per heavy atom. The van der Waals surface area contributed by atoms with E-state index < -0.39 is 0 Å². The highest BCUT2D eigenvalue weighted by atomic mass is 14.2. The van der Waals surface area contributed by atoms with Crippen LogP contribution in [0.1, 0.15) is 19.4 Å². The molecule has 0 heterocycles. The number of benzene rings is 2. The predicted octanol–water partition coefficient (Wildman–Crippen LogP) is 3.24. The van der Waals surface area contributed by atoms with Crippen LogP contribution in [-0.2, 0) is 0 Å². The van der Waals surface area contributed by atoms with Crippen LogP contribution in [0, 0.1) is 0 Å². The van der Waals surface area contributed by atoms with Gasteiger partial charge in [0.15, 0.2) is 0 Å². The molecular weight excluding hydrogens is 216 g/mol. The van der Waals surface area contributed by atoms with Crippen molar-refractivity contribution >= 4 is 12.2 Å². The van der Waals surface area contributed by atoms with Crippen LogP contribution >= 0.6 is 0 Å². The second kappa shape index (κ2) is 3.99. The zero-order valence-corrected chi connectivity index (χ0v) is 10.8. The molecule has 1 aliphatic carbocycles. The van der Waals surface area contributed by atoms with Gasteiger partial charge in [0.25, 0.3) is 0 Å². The summed E-state index contributed by atoms with van der Waals surface area (Å²) >= 11 is 0. The molecule has 18 heavy (non-hydrogen) atoms. The Morgan fingerprint density at radius 3 is 2.28 bits per heavy atom. The summed E-state index contributed by atoms with van der Waals surface area (Å²) in [5, 5.41) is 2.40. The molecule has 2 aromatic carbocycles. The number of fused-ring (bicyclic) bond motifs is 3. The van der Waals surface area contributed by atoms with E-state index in [2.05, 4.69) is 69.0 Å². The van der Waals surface area contributed by atoms with Crippen LogP contribution in [0.15, 0.2) is 54.1 Å². The Labute approximate surface area is 108 Å². The second-order valence-electron chi connectivity index (χ2n) is 5.02. The van der Waals surface area contributed by atoms with Gasteiger partial charge in [0, 0.05) is 0 Å². The van der Waals surface area contributed by atoms with Crippen LogP contribution in [0.25, 0.3) is 23.3 Å². The minimum atomic E-state index is 1.11. The Morgan fingerprint density at radius 1 is 0.889 bits per heavy atom. The molecule has 0 atom stereocenters. The maximum atomic E-state index is 4.18. The maximum absolute atomic E-state index is 4.18. The van der Waals surface area contributed by atoms with Gasteiger partial charge in [-0.15, -0.1) is 0 Å². The second-order valence-corrected chi connectivity index (χ2v) is 5.02. The quantitative estimate of drug-likeness (QED) is 0.708. The largest absolute Gasteiger partial charge is 0.0911 e. The van der Waals surface area contributed by atoms with Crippen molar-refractivity contribution in [1.29, 1.82) is 0 Å². The third-order valence-corrected chi connectivity index (χ3v) is 3.36. The van der Waals surface area contributed by atoms with Crippen molar-refractivity contribution < 1.29 is 0 Å². The van der Waals surface area contributed by atoms with Gasteiger partial charge in [0.05, 0.1) is 0 Å². The van der Waals surface area contributed by atoms with Gasteiger partial charge in [-0.2, -0.15) is 0 Å². The van der Waals surface area contributed by atoms with Crippen LogP contribution < -0.4 is 10.4 Å². The average molecular weight is 232 g/mol. The molecule has 0 bridgehead atoms. The predicted molar refractivity (Wildman–Crippen MR) is 78.6 cm³/mol. The molecule has 0 saturated heterocycles. The molecule has 88 valence electrons. The normalized spacial score (nSPS) is 12.0. The van der Waals surface area contributed by atoms with Crippen molar-refractivity contribution in [1.82, 2.24) is 0 Å². The highest BCUT2D eigenvalue weighted by Gasteiger charge is 2.17. The fourth-order valence-electron chi connectivity index (χ4n) is 2.67. The molecule has 0 nitrogen and oxygen atoms in total. The summed E-state index contributed by atoms with van der Waals surface area (Å²) in [4.78, 5) is 0. The first-order chi connectivity index (χ1) is 8.68. The van der Waals surface area contributed by atoms with Crippen molar-refractivity contribution in [3.8, 4) is 11.1 Å². The zero-order chi connectivity index (χ0) is 12.7. The van der Waals surface area contributed by atoms with Crippen molar-refractivity contribution in [2.45, 2.75) is 13.8 Å². The Balaban J connectivity index is 2.51. The minimum Gasteiger partial charge on any atom is -0.0911 e. The molecule has 0 aliphatic heterocycles. The standard InChI is InChI=1S/C18H16/c1-12(2)11-17-15-9-5-4-8-14(15)16-10-6-7-13(3)18(16)17/h4-11H,3H2,1-2H3. The third kappa shape index (κ3) is 1.53. The van der Waals surface area contributed by atoms with Gasteiger partial charge in [-0.05, 0) is 46.5 Å². The van der Waals surface area contributed by atoms with Gasteiger partial charge in [-0.1, -0.05) is 60.7 Å². The first kappa shape index (κ1) is 11.0. The molecular formula is C18H16. The van der Waals surface area contributed by atoms with E-state index in [-0.39, 0.29) is 0 Å². The topological polar surface area (TPSA) is 0 Å². The summed E-state index contributed by atoms with van der Waals surface area (Å²) < 4.78 is 0. The third-order valence-electron chi connectivity index (χ3n) is 3.36. The van der Waals surface area contributed by atoms with E-state index in [1.165, 1.54) is 33.1 Å². The number of rotatable bonds is 1. The Hall–Kier alpha value is -2.08. The fourth-order valence-corrected chi connectivity index (χ4v) is 2.67. The molecule has 0 saturated carbocycles. The van der Waals surface area contributed by atoms with Gasteiger partial charge >= 0.3 is 0 Å². The van der Waals surface area contributed by atoms with E-state index in [1.54, 1.807) is 0 Å². The van der Waals surface area contributed by atoms with E-state index >= 15 is 0 Å². The SMILES string of the molecule is C=c1cccc2c1=C(C=C(C)C)c1ccccc1-2. The fraction of sp³-hybridized carbons (Fsp3) is 0.111. The molecule has 0 aromatic heterocycles. The maximum Gasteiger partial charge on any atom is -0.00323 e. The number of allylic oxidation sites excluding steroid dienone is 2. The lowest BCUT2D eigenvalue weighted by Gasteiger charge is -2.02. The van der Waals surface area contributed by atoms with Crippen LogP contribution in [0.2, 0.25) is 0 Å². The van der Waals surface area contributed by atoms with E-state index in [4.69, 9.17) is 0 Å². The van der Waals surface area contributed by atoms with Gasteiger partial charge in [-0.25, -0.2) is 0 Å². The lowest BCUT2D eigenvalue weighted by Crippen LogP contribution is -2.24.